The maximum atomic E-state index is 14.0. The van der Waals surface area contributed by atoms with Crippen LogP contribution < -0.4 is 20.4 Å². The van der Waals surface area contributed by atoms with Gasteiger partial charge in [0.05, 0.1) is 33.4 Å². The van der Waals surface area contributed by atoms with Crippen molar-refractivity contribution < 1.29 is 54.6 Å². The zero-order valence-corrected chi connectivity index (χ0v) is 66.9. The van der Waals surface area contributed by atoms with Crippen LogP contribution in [0.4, 0.5) is 22.7 Å². The molecule has 20 aromatic rings. The molecule has 0 bridgehead atoms. The second-order valence-electron chi connectivity index (χ2n) is 27.4. The van der Waals surface area contributed by atoms with Crippen LogP contribution in [0, 0.1) is 0 Å². The van der Waals surface area contributed by atoms with Gasteiger partial charge in [-0.1, -0.05) is 338 Å². The summed E-state index contributed by atoms with van der Waals surface area (Å²) in [5.74, 6) is -0.213. The van der Waals surface area contributed by atoms with Crippen molar-refractivity contribution in [1.29, 1.82) is 0 Å². The van der Waals surface area contributed by atoms with E-state index in [1.54, 1.807) is 24.9 Å². The molecule has 0 unspecified atom stereocenters. The van der Waals surface area contributed by atoms with Gasteiger partial charge in [0.2, 0.25) is 0 Å². The quantitative estimate of drug-likeness (QED) is 0.0581. The number of halogens is 4. The molecule has 0 atom stereocenters. The number of hydrogen-bond donors (Lipinski definition) is 0. The van der Waals surface area contributed by atoms with E-state index in [-0.39, 0.29) is 67.8 Å². The van der Waals surface area contributed by atoms with Crippen LogP contribution in [-0.4, -0.2) is 35.5 Å². The molecule has 0 aliphatic carbocycles. The average Bonchev–Trinajstić information content (AvgIpc) is 0.760. The number of alkyl halides is 4. The summed E-state index contributed by atoms with van der Waals surface area (Å²) < 4.78 is 0. The molecule has 0 fully saturated rings. The minimum absolute atomic E-state index is 0. The second kappa shape index (κ2) is 35.1. The summed E-state index contributed by atoms with van der Waals surface area (Å²) in [5.41, 5.74) is 8.50. The minimum Gasteiger partial charge on any atom is -0.872 e. The molecule has 20 rings (SSSR count). The predicted octanol–water partition coefficient (Wildman–Crippen LogP) is 26.7. The molecule has 0 saturated carbocycles. The van der Waals surface area contributed by atoms with Gasteiger partial charge >= 0.3 is 34.1 Å². The minimum atomic E-state index is -0.0533. The van der Waals surface area contributed by atoms with Gasteiger partial charge in [-0.15, -0.1) is 46.4 Å². The van der Waals surface area contributed by atoms with Gasteiger partial charge in [0.25, 0.3) is 0 Å². The molecule has 0 radical (unpaired) electrons. The molecule has 0 heterocycles. The van der Waals surface area contributed by atoms with Crippen molar-refractivity contribution >= 4 is 223 Å². The van der Waals surface area contributed by atoms with Gasteiger partial charge in [-0.05, 0) is 176 Å². The standard InChI is InChI=1S/2C50H32N2O2.2CH2Cl2.2Fe/c2*53-49-37(23-21-35-19-17-31-9-1-5-13-39(31)45(35)49)29-51-43-27-25-33-11-3-7-15-41(33)47(43)48-42-16-8-4-12-34(42)26-28-44(48)52-30-38-24-22-36-20-18-32-10-2-6-14-40(32)46(36)50(38)54;2*2-1-3;;/h2*1-30,53-54H;2*1H2;;/q;;;;2*+2/p-4. The van der Waals surface area contributed by atoms with Gasteiger partial charge in [-0.2, -0.15) is 0 Å². The van der Waals surface area contributed by atoms with Crippen molar-refractivity contribution in [3.8, 4) is 45.3 Å². The smallest absolute Gasteiger partial charge is 0.872 e. The fraction of sp³-hybridized carbons (Fsp3) is 0.0196. The number of fused-ring (bicyclic) bond motifs is 16. The van der Waals surface area contributed by atoms with Crippen molar-refractivity contribution in [3.63, 3.8) is 0 Å². The van der Waals surface area contributed by atoms with Crippen LogP contribution in [0.5, 0.6) is 23.0 Å². The number of hydrogen-bond acceptors (Lipinski definition) is 8. The molecule has 8 nitrogen and oxygen atoms in total. The fourth-order valence-electron chi connectivity index (χ4n) is 15.8. The summed E-state index contributed by atoms with van der Waals surface area (Å²) in [7, 11) is 0. The molecular weight excluding hydrogens is 1600 g/mol. The second-order valence-corrected chi connectivity index (χ2v) is 29.0. The van der Waals surface area contributed by atoms with Crippen LogP contribution >= 0.6 is 46.4 Å². The molecule has 560 valence electrons. The first kappa shape index (κ1) is 78.9. The van der Waals surface area contributed by atoms with Gasteiger partial charge in [-0.25, -0.2) is 0 Å². The normalized spacial score (nSPS) is 11.6. The maximum absolute atomic E-state index is 14.0. The molecule has 0 spiro atoms. The molecule has 20 aromatic carbocycles. The molecule has 116 heavy (non-hydrogen) atoms. The Balaban J connectivity index is 0.000000168. The third kappa shape index (κ3) is 15.3. The van der Waals surface area contributed by atoms with E-state index in [9.17, 15) is 20.4 Å². The van der Waals surface area contributed by atoms with E-state index in [0.717, 1.165) is 130 Å². The summed E-state index contributed by atoms with van der Waals surface area (Å²) in [6.45, 7) is 0. The van der Waals surface area contributed by atoms with Gasteiger partial charge in [0.15, 0.2) is 0 Å². The first-order chi connectivity index (χ1) is 56.1. The Bertz CT molecular complexity index is 6470. The number of benzene rings is 20. The summed E-state index contributed by atoms with van der Waals surface area (Å²) in [5, 5.41) is 79.0. The van der Waals surface area contributed by atoms with E-state index in [1.807, 2.05) is 243 Å². The predicted molar refractivity (Wildman–Crippen MR) is 480 cm³/mol. The average molecular weight is 1660 g/mol. The van der Waals surface area contributed by atoms with Crippen LogP contribution in [0.15, 0.2) is 360 Å². The fourth-order valence-corrected chi connectivity index (χ4v) is 15.8. The molecule has 0 aliphatic rings. The summed E-state index contributed by atoms with van der Waals surface area (Å²) in [6.07, 6.45) is 6.76. The Morgan fingerprint density at radius 3 is 0.534 bits per heavy atom. The molecule has 0 amide bonds. The molecular formula is C102H64Cl4Fe2N4O4. The van der Waals surface area contributed by atoms with E-state index in [2.05, 4.69) is 97.1 Å². The van der Waals surface area contributed by atoms with E-state index in [1.165, 1.54) is 0 Å². The Labute approximate surface area is 709 Å². The third-order valence-electron chi connectivity index (χ3n) is 21.1. The van der Waals surface area contributed by atoms with E-state index < -0.39 is 0 Å². The van der Waals surface area contributed by atoms with Crippen LogP contribution in [0.25, 0.3) is 152 Å². The molecule has 0 saturated heterocycles. The largest absolute Gasteiger partial charge is 2.00 e. The van der Waals surface area contributed by atoms with Crippen molar-refractivity contribution in [2.75, 3.05) is 10.7 Å². The van der Waals surface area contributed by atoms with Gasteiger partial charge in [0, 0.05) is 47.1 Å². The van der Waals surface area contributed by atoms with Gasteiger partial charge < -0.3 is 20.4 Å². The molecule has 0 aliphatic heterocycles. The molecule has 14 heteroatoms. The summed E-state index contributed by atoms with van der Waals surface area (Å²) >= 11 is 19.1. The van der Waals surface area contributed by atoms with Crippen LogP contribution in [0.2, 0.25) is 0 Å². The summed E-state index contributed by atoms with van der Waals surface area (Å²) in [4.78, 5) is 20.3. The molecule has 0 N–H and O–H groups in total. The van der Waals surface area contributed by atoms with Crippen molar-refractivity contribution in [3.05, 3.63) is 362 Å². The topological polar surface area (TPSA) is 142 Å². The van der Waals surface area contributed by atoms with Crippen molar-refractivity contribution in [1.82, 2.24) is 0 Å². The number of rotatable bonds is 10. The molecule has 0 aromatic heterocycles. The van der Waals surface area contributed by atoms with E-state index in [4.69, 9.17) is 66.4 Å². The van der Waals surface area contributed by atoms with E-state index >= 15 is 0 Å². The maximum Gasteiger partial charge on any atom is 2.00 e. The van der Waals surface area contributed by atoms with Gasteiger partial charge in [0.1, 0.15) is 0 Å². The Kier molecular flexibility index (Phi) is 23.9. The summed E-state index contributed by atoms with van der Waals surface area (Å²) in [6, 6.07) is 113. The van der Waals surface area contributed by atoms with Crippen LogP contribution in [-0.2, 0) is 34.1 Å². The number of nitrogens with zero attached hydrogens (tertiary/aromatic N) is 4. The Morgan fingerprint density at radius 2 is 0.336 bits per heavy atom. The SMILES string of the molecule is ClCCl.ClCCl.[Fe+2].[Fe+2].[O-]c1c(C=Nc2ccc3ccccc3c2-c2c(N=Cc3ccc4ccc5ccccc5c4c3[O-])ccc3ccccc23)ccc2ccc3ccccc3c12.[O-]c1c(C=Nc2ccc3ccccc3c2-c2c(N=Cc3ccc4ccc5ccccc5c4c3[O-])ccc3ccccc23)ccc2ccc3ccccc3c12. The Morgan fingerprint density at radius 1 is 0.190 bits per heavy atom. The van der Waals surface area contributed by atoms with Gasteiger partial charge in [-0.3, -0.25) is 20.0 Å². The van der Waals surface area contributed by atoms with Crippen LogP contribution in [0.3, 0.4) is 0 Å². The van der Waals surface area contributed by atoms with Crippen molar-refractivity contribution in [2.45, 2.75) is 0 Å². The first-order valence-corrected chi connectivity index (χ1v) is 39.2. The number of aliphatic imine (C=N–C) groups is 4. The first-order valence-electron chi connectivity index (χ1n) is 37.0. The third-order valence-corrected chi connectivity index (χ3v) is 21.1. The Hall–Kier alpha value is -12.4. The zero-order chi connectivity index (χ0) is 77.8. The zero-order valence-electron chi connectivity index (χ0n) is 61.7. The van der Waals surface area contributed by atoms with Crippen LogP contribution in [0.1, 0.15) is 22.3 Å². The van der Waals surface area contributed by atoms with Crippen molar-refractivity contribution in [2.24, 2.45) is 20.0 Å². The monoisotopic (exact) mass is 1660 g/mol. The van der Waals surface area contributed by atoms with E-state index in [0.29, 0.717) is 66.5 Å².